The van der Waals surface area contributed by atoms with Gasteiger partial charge in [0.25, 0.3) is 0 Å². The minimum absolute atomic E-state index is 0.0186. The van der Waals surface area contributed by atoms with E-state index in [1.165, 1.54) is 0 Å². The Balaban J connectivity index is 1.51. The Morgan fingerprint density at radius 2 is 1.26 bits per heavy atom. The molecule has 10 heteroatoms. The summed E-state index contributed by atoms with van der Waals surface area (Å²) in [6.45, 7) is 13.8. The maximum atomic E-state index is 14.2. The Hall–Kier alpha value is -3.73. The third-order valence-electron chi connectivity index (χ3n) is 10.5. The third-order valence-corrected chi connectivity index (χ3v) is 10.5. The third kappa shape index (κ3) is 13.9. The van der Waals surface area contributed by atoms with Crippen LogP contribution in [0, 0.1) is 23.7 Å². The standard InChI is InChI=1S/C43H62N4O6/c1-30(2)23-37(44-41(51)34(18-17-32-13-9-7-10-14-32)26-36(48)28-47-21-19-46(6)20-22-47)39(49)27-35(25-33-15-11-8-12-16-33)42(52)45-38(24-31(3)4)40(50)43(5)29-53-43/h7-16,30-31,34-35,37-38H,17-29H2,1-6H3,(H,44,51)(H,45,52)/t34-,35-,37+,38+,43-/m1/s1. The summed E-state index contributed by atoms with van der Waals surface area (Å²) in [6.07, 6.45) is 2.25. The van der Waals surface area contributed by atoms with Crippen LogP contribution < -0.4 is 10.6 Å². The van der Waals surface area contributed by atoms with Crippen LogP contribution in [0.1, 0.15) is 77.8 Å². The molecule has 4 rings (SSSR count). The van der Waals surface area contributed by atoms with Gasteiger partial charge in [-0.2, -0.15) is 0 Å². The molecule has 10 nitrogen and oxygen atoms in total. The number of carbonyl (C=O) groups excluding carboxylic acids is 5. The fourth-order valence-corrected chi connectivity index (χ4v) is 7.09. The summed E-state index contributed by atoms with van der Waals surface area (Å²) in [5, 5.41) is 6.05. The molecule has 0 unspecified atom stereocenters. The van der Waals surface area contributed by atoms with Crippen LogP contribution in [0.5, 0.6) is 0 Å². The molecule has 2 aliphatic rings. The van der Waals surface area contributed by atoms with Crippen molar-refractivity contribution in [2.24, 2.45) is 23.7 Å². The summed E-state index contributed by atoms with van der Waals surface area (Å²) in [7, 11) is 2.07. The number of nitrogens with one attached hydrogen (secondary N) is 2. The smallest absolute Gasteiger partial charge is 0.224 e. The van der Waals surface area contributed by atoms with Crippen molar-refractivity contribution in [1.82, 2.24) is 20.4 Å². The molecule has 2 N–H and O–H groups in total. The van der Waals surface area contributed by atoms with Crippen molar-refractivity contribution in [2.75, 3.05) is 46.4 Å². The van der Waals surface area contributed by atoms with Crippen LogP contribution in [0.2, 0.25) is 0 Å². The van der Waals surface area contributed by atoms with Gasteiger partial charge in [-0.15, -0.1) is 0 Å². The summed E-state index contributed by atoms with van der Waals surface area (Å²) < 4.78 is 5.44. The first-order valence-electron chi connectivity index (χ1n) is 19.5. The zero-order chi connectivity index (χ0) is 38.5. The van der Waals surface area contributed by atoms with Crippen molar-refractivity contribution in [2.45, 2.75) is 97.2 Å². The van der Waals surface area contributed by atoms with Crippen molar-refractivity contribution in [1.29, 1.82) is 0 Å². The molecule has 2 aliphatic heterocycles. The van der Waals surface area contributed by atoms with Crippen molar-refractivity contribution in [3.8, 4) is 0 Å². The number of piperazine rings is 1. The van der Waals surface area contributed by atoms with Gasteiger partial charge in [0.05, 0.1) is 25.2 Å². The number of ether oxygens (including phenoxy) is 1. The molecule has 2 saturated heterocycles. The molecule has 2 fully saturated rings. The van der Waals surface area contributed by atoms with Gasteiger partial charge in [0, 0.05) is 50.9 Å². The number of likely N-dealkylation sites (N-methyl/N-ethyl adjacent to an activating group) is 1. The van der Waals surface area contributed by atoms with Crippen molar-refractivity contribution < 1.29 is 28.7 Å². The normalized spacial score (nSPS) is 20.0. The van der Waals surface area contributed by atoms with Gasteiger partial charge in [0.2, 0.25) is 11.8 Å². The molecular weight excluding hydrogens is 668 g/mol. The molecule has 2 amide bonds. The lowest BCUT2D eigenvalue weighted by atomic mass is 9.87. The molecule has 53 heavy (non-hydrogen) atoms. The van der Waals surface area contributed by atoms with Gasteiger partial charge in [-0.05, 0) is 69.0 Å². The van der Waals surface area contributed by atoms with E-state index < -0.39 is 29.5 Å². The minimum Gasteiger partial charge on any atom is -0.361 e. The monoisotopic (exact) mass is 730 g/mol. The molecule has 2 aromatic carbocycles. The van der Waals surface area contributed by atoms with E-state index in [0.29, 0.717) is 45.3 Å². The Bertz CT molecular complexity index is 1500. The van der Waals surface area contributed by atoms with Gasteiger partial charge in [-0.25, -0.2) is 0 Å². The molecule has 0 radical (unpaired) electrons. The van der Waals surface area contributed by atoms with Gasteiger partial charge in [0.1, 0.15) is 11.4 Å². The molecule has 0 bridgehead atoms. The lowest BCUT2D eigenvalue weighted by molar-refractivity contribution is -0.135. The van der Waals surface area contributed by atoms with Gasteiger partial charge in [0.15, 0.2) is 11.6 Å². The molecule has 0 saturated carbocycles. The Kier molecular flexibility index (Phi) is 15.9. The van der Waals surface area contributed by atoms with Gasteiger partial charge >= 0.3 is 0 Å². The topological polar surface area (TPSA) is 128 Å². The lowest BCUT2D eigenvalue weighted by Gasteiger charge is -2.32. The number of benzene rings is 2. The second kappa shape index (κ2) is 20.1. The first-order valence-corrected chi connectivity index (χ1v) is 19.5. The first kappa shape index (κ1) is 42.0. The predicted molar refractivity (Wildman–Crippen MR) is 207 cm³/mol. The number of amides is 2. The number of epoxide rings is 1. The van der Waals surface area contributed by atoms with E-state index >= 15 is 0 Å². The number of Topliss-reactive ketones (excluding diaryl/α,β-unsaturated/α-hetero) is 3. The van der Waals surface area contributed by atoms with Crippen molar-refractivity contribution in [3.05, 3.63) is 71.8 Å². The summed E-state index contributed by atoms with van der Waals surface area (Å²) in [5.41, 5.74) is 1.08. The van der Waals surface area contributed by atoms with E-state index in [1.807, 2.05) is 88.4 Å². The summed E-state index contributed by atoms with van der Waals surface area (Å²) in [5.74, 6) is -2.18. The number of nitrogens with zero attached hydrogens (tertiary/aromatic N) is 2. The second-order valence-corrected chi connectivity index (χ2v) is 16.4. The van der Waals surface area contributed by atoms with Crippen molar-refractivity contribution in [3.63, 3.8) is 0 Å². The first-order chi connectivity index (χ1) is 25.2. The van der Waals surface area contributed by atoms with Crippen LogP contribution in [-0.4, -0.2) is 103 Å². The van der Waals surface area contributed by atoms with E-state index in [4.69, 9.17) is 4.74 Å². The van der Waals surface area contributed by atoms with E-state index in [1.54, 1.807) is 6.92 Å². The SMILES string of the molecule is CC(C)C[C@H](NC(=O)[C@H](CCc1ccccc1)CC(=O)CN1CCN(C)CC1)C(=O)C[C@@H](Cc1ccccc1)C(=O)N[C@@H](CC(C)C)C(=O)[C@@]1(C)CO1. The molecule has 2 aromatic rings. The van der Waals surface area contributed by atoms with Crippen LogP contribution in [0.3, 0.4) is 0 Å². The quantitative estimate of drug-likeness (QED) is 0.167. The Labute approximate surface area is 316 Å². The average molecular weight is 731 g/mol. The zero-order valence-corrected chi connectivity index (χ0v) is 32.8. The van der Waals surface area contributed by atoms with E-state index in [-0.39, 0.29) is 53.8 Å². The van der Waals surface area contributed by atoms with E-state index in [0.717, 1.165) is 37.3 Å². The lowest BCUT2D eigenvalue weighted by Crippen LogP contribution is -2.50. The maximum absolute atomic E-state index is 14.2. The summed E-state index contributed by atoms with van der Waals surface area (Å²) in [6, 6.07) is 17.9. The summed E-state index contributed by atoms with van der Waals surface area (Å²) in [4.78, 5) is 73.5. The number of aryl methyl sites for hydroxylation is 1. The van der Waals surface area contributed by atoms with E-state index in [9.17, 15) is 24.0 Å². The van der Waals surface area contributed by atoms with Gasteiger partial charge in [-0.1, -0.05) is 88.4 Å². The molecule has 0 aromatic heterocycles. The highest BCUT2D eigenvalue weighted by atomic mass is 16.6. The molecule has 290 valence electrons. The van der Waals surface area contributed by atoms with Crippen LogP contribution >= 0.6 is 0 Å². The number of rotatable bonds is 22. The van der Waals surface area contributed by atoms with Crippen LogP contribution in [-0.2, 0) is 41.6 Å². The molecular formula is C43H62N4O6. The molecule has 0 spiro atoms. The highest BCUT2D eigenvalue weighted by Crippen LogP contribution is 2.30. The maximum Gasteiger partial charge on any atom is 0.224 e. The van der Waals surface area contributed by atoms with Crippen LogP contribution in [0.15, 0.2) is 60.7 Å². The van der Waals surface area contributed by atoms with Crippen molar-refractivity contribution >= 4 is 29.2 Å². The minimum atomic E-state index is -0.896. The summed E-state index contributed by atoms with van der Waals surface area (Å²) >= 11 is 0. The van der Waals surface area contributed by atoms with Crippen LogP contribution in [0.25, 0.3) is 0 Å². The number of ketones is 3. The number of hydrogen-bond donors (Lipinski definition) is 2. The number of carbonyl (C=O) groups is 5. The molecule has 2 heterocycles. The fourth-order valence-electron chi connectivity index (χ4n) is 7.09. The highest BCUT2D eigenvalue weighted by molar-refractivity contribution is 5.98. The predicted octanol–water partition coefficient (Wildman–Crippen LogP) is 4.68. The number of hydrogen-bond acceptors (Lipinski definition) is 8. The highest BCUT2D eigenvalue weighted by Gasteiger charge is 2.50. The fraction of sp³-hybridized carbons (Fsp3) is 0.605. The Morgan fingerprint density at radius 1 is 0.736 bits per heavy atom. The Morgan fingerprint density at radius 3 is 1.83 bits per heavy atom. The second-order valence-electron chi connectivity index (χ2n) is 16.4. The van der Waals surface area contributed by atoms with Gasteiger partial charge in [-0.3, -0.25) is 28.9 Å². The molecule has 5 atom stereocenters. The van der Waals surface area contributed by atoms with Gasteiger partial charge < -0.3 is 20.3 Å². The molecule has 0 aliphatic carbocycles. The zero-order valence-electron chi connectivity index (χ0n) is 32.8. The average Bonchev–Trinajstić information content (AvgIpc) is 3.88. The van der Waals surface area contributed by atoms with Crippen LogP contribution in [0.4, 0.5) is 0 Å². The van der Waals surface area contributed by atoms with E-state index in [2.05, 4.69) is 27.5 Å². The largest absolute Gasteiger partial charge is 0.361 e.